The summed E-state index contributed by atoms with van der Waals surface area (Å²) in [5.74, 6) is -0.0851. The van der Waals surface area contributed by atoms with E-state index in [0.29, 0.717) is 34.2 Å². The number of nitrogens with zero attached hydrogens (tertiary/aromatic N) is 1. The van der Waals surface area contributed by atoms with Gasteiger partial charge in [-0.1, -0.05) is 59.4 Å². The highest BCUT2D eigenvalue weighted by atomic mass is 32.1. The van der Waals surface area contributed by atoms with Crippen LogP contribution in [0.3, 0.4) is 0 Å². The van der Waals surface area contributed by atoms with Gasteiger partial charge in [-0.05, 0) is 38.8 Å². The first-order valence-electron chi connectivity index (χ1n) is 9.54. The molecule has 0 saturated carbocycles. The number of hydrogen-bond donors (Lipinski definition) is 2. The molecular weight excluding hydrogens is 382 g/mol. The van der Waals surface area contributed by atoms with Crippen molar-refractivity contribution in [2.75, 3.05) is 17.2 Å². The van der Waals surface area contributed by atoms with E-state index in [1.807, 2.05) is 58.0 Å². The van der Waals surface area contributed by atoms with Gasteiger partial charge in [0, 0.05) is 24.2 Å². The summed E-state index contributed by atoms with van der Waals surface area (Å²) in [6, 6.07) is 13.3. The van der Waals surface area contributed by atoms with Crippen molar-refractivity contribution in [1.82, 2.24) is 4.98 Å². The molecule has 5 nitrogen and oxygen atoms in total. The Labute approximate surface area is 175 Å². The van der Waals surface area contributed by atoms with Crippen LogP contribution in [0, 0.1) is 27.7 Å². The van der Waals surface area contributed by atoms with Crippen molar-refractivity contribution in [1.29, 1.82) is 0 Å². The number of Topliss-reactive ketones (excluding diaryl/α,β-unsaturated/α-hetero) is 1. The molecule has 0 atom stereocenters. The zero-order valence-corrected chi connectivity index (χ0v) is 17.9. The number of rotatable bonds is 7. The van der Waals surface area contributed by atoms with Crippen LogP contribution < -0.4 is 10.6 Å². The number of aryl methyl sites for hydroxylation is 4. The van der Waals surface area contributed by atoms with Gasteiger partial charge in [-0.25, -0.2) is 4.98 Å². The molecule has 0 saturated heterocycles. The highest BCUT2D eigenvalue weighted by Crippen LogP contribution is 2.26. The summed E-state index contributed by atoms with van der Waals surface area (Å²) in [6.07, 6.45) is 0.367. The molecule has 0 aliphatic heterocycles. The molecule has 3 rings (SSSR count). The fraction of sp³-hybridized carbons (Fsp3) is 0.261. The summed E-state index contributed by atoms with van der Waals surface area (Å²) in [5.41, 5.74) is 5.46. The maximum atomic E-state index is 12.8. The minimum absolute atomic E-state index is 0.0784. The number of thiazole rings is 1. The van der Waals surface area contributed by atoms with Crippen molar-refractivity contribution in [3.8, 4) is 0 Å². The van der Waals surface area contributed by atoms with E-state index in [9.17, 15) is 9.59 Å². The predicted molar refractivity (Wildman–Crippen MR) is 119 cm³/mol. The molecule has 6 heteroatoms. The van der Waals surface area contributed by atoms with Gasteiger partial charge in [-0.15, -0.1) is 0 Å². The van der Waals surface area contributed by atoms with Gasteiger partial charge in [0.05, 0.1) is 5.69 Å². The van der Waals surface area contributed by atoms with Crippen molar-refractivity contribution in [2.45, 2.75) is 34.1 Å². The van der Waals surface area contributed by atoms with Crippen molar-refractivity contribution in [3.63, 3.8) is 0 Å². The summed E-state index contributed by atoms with van der Waals surface area (Å²) in [5, 5.41) is 6.83. The number of carbonyl (C=O) groups is 2. The summed E-state index contributed by atoms with van der Waals surface area (Å²) < 4.78 is 0. The molecular formula is C23H25N3O2S. The fourth-order valence-electron chi connectivity index (χ4n) is 3.28. The Hall–Kier alpha value is -2.99. The lowest BCUT2D eigenvalue weighted by Gasteiger charge is -2.12. The molecule has 1 aromatic heterocycles. The van der Waals surface area contributed by atoms with Gasteiger partial charge >= 0.3 is 0 Å². The zero-order chi connectivity index (χ0) is 21.0. The Morgan fingerprint density at radius 1 is 1.00 bits per heavy atom. The molecule has 0 fully saturated rings. The normalized spacial score (nSPS) is 10.6. The first-order chi connectivity index (χ1) is 13.8. The number of anilines is 2. The maximum absolute atomic E-state index is 12.8. The lowest BCUT2D eigenvalue weighted by Crippen LogP contribution is -2.13. The molecule has 0 aliphatic carbocycles. The summed E-state index contributed by atoms with van der Waals surface area (Å²) in [6.45, 7) is 8.32. The van der Waals surface area contributed by atoms with Crippen molar-refractivity contribution in [3.05, 3.63) is 75.3 Å². The molecule has 3 aromatic rings. The number of ketones is 1. The average Bonchev–Trinajstić information content (AvgIpc) is 3.05. The highest BCUT2D eigenvalue weighted by molar-refractivity contribution is 7.17. The van der Waals surface area contributed by atoms with E-state index in [4.69, 9.17) is 0 Å². The SMILES string of the molecule is Cc1cc(C)c(NC(=O)c2sc(NCCC(=O)c3ccccc3)nc2C)c(C)c1. The second kappa shape index (κ2) is 9.01. The highest BCUT2D eigenvalue weighted by Gasteiger charge is 2.17. The van der Waals surface area contributed by atoms with Crippen LogP contribution in [0.4, 0.5) is 10.8 Å². The Kier molecular flexibility index (Phi) is 6.44. The number of nitrogens with one attached hydrogen (secondary N) is 2. The van der Waals surface area contributed by atoms with Crippen molar-refractivity contribution < 1.29 is 9.59 Å². The minimum atomic E-state index is -0.163. The molecule has 1 amide bonds. The monoisotopic (exact) mass is 407 g/mol. The largest absolute Gasteiger partial charge is 0.361 e. The summed E-state index contributed by atoms with van der Waals surface area (Å²) in [4.78, 5) is 30.0. The Balaban J connectivity index is 1.62. The predicted octanol–water partition coefficient (Wildman–Crippen LogP) is 5.31. The smallest absolute Gasteiger partial charge is 0.267 e. The Morgan fingerprint density at radius 2 is 1.66 bits per heavy atom. The van der Waals surface area contributed by atoms with E-state index < -0.39 is 0 Å². The van der Waals surface area contributed by atoms with Crippen LogP contribution in [0.2, 0.25) is 0 Å². The summed E-state index contributed by atoms with van der Waals surface area (Å²) >= 11 is 1.30. The maximum Gasteiger partial charge on any atom is 0.267 e. The van der Waals surface area contributed by atoms with Gasteiger partial charge in [0.2, 0.25) is 0 Å². The average molecular weight is 408 g/mol. The zero-order valence-electron chi connectivity index (χ0n) is 17.1. The molecule has 1 heterocycles. The third kappa shape index (κ3) is 5.09. The Morgan fingerprint density at radius 3 is 2.31 bits per heavy atom. The molecule has 0 radical (unpaired) electrons. The van der Waals surface area contributed by atoms with Gasteiger partial charge in [0.25, 0.3) is 5.91 Å². The third-order valence-corrected chi connectivity index (χ3v) is 5.76. The first kappa shape index (κ1) is 20.7. The van der Waals surface area contributed by atoms with Gasteiger partial charge < -0.3 is 10.6 Å². The molecule has 0 unspecified atom stereocenters. The van der Waals surface area contributed by atoms with E-state index in [2.05, 4.69) is 27.8 Å². The van der Waals surface area contributed by atoms with Crippen molar-refractivity contribution in [2.24, 2.45) is 0 Å². The summed E-state index contributed by atoms with van der Waals surface area (Å²) in [7, 11) is 0. The number of carbonyl (C=O) groups excluding carboxylic acids is 2. The van der Waals surface area contributed by atoms with Crippen LogP contribution in [0.15, 0.2) is 42.5 Å². The standard InChI is InChI=1S/C23H25N3O2S/c1-14-12-15(2)20(16(3)13-14)26-22(28)21-17(4)25-23(29-21)24-11-10-19(27)18-8-6-5-7-9-18/h5-9,12-13H,10-11H2,1-4H3,(H,24,25)(H,26,28). The number of aromatic nitrogens is 1. The minimum Gasteiger partial charge on any atom is -0.361 e. The second-order valence-electron chi connectivity index (χ2n) is 7.13. The van der Waals surface area contributed by atoms with Crippen LogP contribution in [-0.2, 0) is 0 Å². The second-order valence-corrected chi connectivity index (χ2v) is 8.13. The van der Waals surface area contributed by atoms with Crippen LogP contribution in [0.5, 0.6) is 0 Å². The molecule has 0 aliphatic rings. The van der Waals surface area contributed by atoms with Crippen LogP contribution in [0.1, 0.15) is 48.8 Å². The number of benzene rings is 2. The quantitative estimate of drug-likeness (QED) is 0.521. The molecule has 2 aromatic carbocycles. The van der Waals surface area contributed by atoms with Crippen molar-refractivity contribution >= 4 is 33.8 Å². The topological polar surface area (TPSA) is 71.1 Å². The van der Waals surface area contributed by atoms with Gasteiger partial charge in [0.15, 0.2) is 10.9 Å². The fourth-order valence-corrected chi connectivity index (χ4v) is 4.17. The van der Waals surface area contributed by atoms with Gasteiger partial charge in [-0.3, -0.25) is 9.59 Å². The van der Waals surface area contributed by atoms with Gasteiger partial charge in [0.1, 0.15) is 4.88 Å². The molecule has 2 N–H and O–H groups in total. The third-order valence-electron chi connectivity index (χ3n) is 4.64. The number of hydrogen-bond acceptors (Lipinski definition) is 5. The molecule has 0 bridgehead atoms. The van der Waals surface area contributed by atoms with Crippen LogP contribution in [-0.4, -0.2) is 23.2 Å². The van der Waals surface area contributed by atoms with E-state index in [-0.39, 0.29) is 11.7 Å². The Bertz CT molecular complexity index is 1020. The lowest BCUT2D eigenvalue weighted by atomic mass is 10.1. The van der Waals surface area contributed by atoms with Crippen LogP contribution in [0.25, 0.3) is 0 Å². The van der Waals surface area contributed by atoms with E-state index in [0.717, 1.165) is 16.8 Å². The molecule has 0 spiro atoms. The number of amides is 1. The molecule has 29 heavy (non-hydrogen) atoms. The van der Waals surface area contributed by atoms with E-state index in [1.54, 1.807) is 0 Å². The van der Waals surface area contributed by atoms with E-state index in [1.165, 1.54) is 16.9 Å². The lowest BCUT2D eigenvalue weighted by molar-refractivity contribution is 0.0985. The van der Waals surface area contributed by atoms with E-state index >= 15 is 0 Å². The van der Waals surface area contributed by atoms with Gasteiger partial charge in [-0.2, -0.15) is 0 Å². The molecule has 150 valence electrons. The first-order valence-corrected chi connectivity index (χ1v) is 10.4. The van der Waals surface area contributed by atoms with Crippen LogP contribution >= 0.6 is 11.3 Å².